The Kier molecular flexibility index (Phi) is 2.53. The smallest absolute Gasteiger partial charge is 0.252 e. The van der Waals surface area contributed by atoms with Crippen molar-refractivity contribution in [1.82, 2.24) is 25.9 Å². The molecule has 1 aliphatic rings. The second kappa shape index (κ2) is 4.52. The van der Waals surface area contributed by atoms with Crippen LogP contribution in [0.3, 0.4) is 0 Å². The van der Waals surface area contributed by atoms with Gasteiger partial charge in [0.15, 0.2) is 0 Å². The van der Waals surface area contributed by atoms with Crippen LogP contribution in [0.25, 0.3) is 11.1 Å². The number of aromatic nitrogens is 4. The average Bonchev–Trinajstić information content (AvgIpc) is 3.03. The van der Waals surface area contributed by atoms with Gasteiger partial charge in [-0.3, -0.25) is 4.79 Å². The molecule has 3 aromatic rings. The topological polar surface area (TPSA) is 83.6 Å². The standard InChI is InChI=1S/C15H11N5O/c21-15-12-8-4-2-6-10(12)9-5-1-3-7-11(9)13(16-15)14-17-19-20-18-14/h1-8,13H,(H,16,21)(H,17,18,19,20). The molecule has 6 heteroatoms. The first-order valence-electron chi connectivity index (χ1n) is 6.57. The van der Waals surface area contributed by atoms with Gasteiger partial charge in [0.2, 0.25) is 5.82 Å². The number of nitrogens with one attached hydrogen (secondary N) is 2. The Balaban J connectivity index is 1.99. The van der Waals surface area contributed by atoms with Crippen molar-refractivity contribution in [2.24, 2.45) is 0 Å². The Bertz CT molecular complexity index is 812. The molecule has 0 fully saturated rings. The number of nitrogens with zero attached hydrogens (tertiary/aromatic N) is 3. The van der Waals surface area contributed by atoms with Gasteiger partial charge in [-0.05, 0) is 22.8 Å². The summed E-state index contributed by atoms with van der Waals surface area (Å²) in [6.45, 7) is 0. The number of fused-ring (bicyclic) bond motifs is 3. The van der Waals surface area contributed by atoms with Crippen LogP contribution in [-0.2, 0) is 0 Å². The summed E-state index contributed by atoms with van der Waals surface area (Å²) in [5.41, 5.74) is 3.52. The fourth-order valence-electron chi connectivity index (χ4n) is 2.69. The van der Waals surface area contributed by atoms with Gasteiger partial charge in [-0.25, -0.2) is 0 Å². The number of rotatable bonds is 1. The van der Waals surface area contributed by atoms with Gasteiger partial charge in [0.25, 0.3) is 5.91 Å². The van der Waals surface area contributed by atoms with Crippen LogP contribution in [0.1, 0.15) is 27.8 Å². The number of amides is 1. The molecule has 2 aromatic carbocycles. The first-order chi connectivity index (χ1) is 10.3. The lowest BCUT2D eigenvalue weighted by Gasteiger charge is -2.14. The van der Waals surface area contributed by atoms with E-state index in [9.17, 15) is 4.79 Å². The molecule has 0 saturated heterocycles. The zero-order chi connectivity index (χ0) is 14.2. The fourth-order valence-corrected chi connectivity index (χ4v) is 2.69. The summed E-state index contributed by atoms with van der Waals surface area (Å²) < 4.78 is 0. The van der Waals surface area contributed by atoms with Crippen LogP contribution >= 0.6 is 0 Å². The second-order valence-electron chi connectivity index (χ2n) is 4.81. The molecule has 0 aliphatic carbocycles. The zero-order valence-corrected chi connectivity index (χ0v) is 10.9. The van der Waals surface area contributed by atoms with Crippen LogP contribution in [0.2, 0.25) is 0 Å². The molecular formula is C15H11N5O. The Morgan fingerprint density at radius 3 is 2.38 bits per heavy atom. The molecule has 0 spiro atoms. The molecule has 1 amide bonds. The van der Waals surface area contributed by atoms with Gasteiger partial charge in [-0.1, -0.05) is 47.7 Å². The van der Waals surface area contributed by atoms with Gasteiger partial charge in [0.05, 0.1) is 0 Å². The second-order valence-corrected chi connectivity index (χ2v) is 4.81. The minimum absolute atomic E-state index is 0.142. The molecule has 0 bridgehead atoms. The molecule has 0 radical (unpaired) electrons. The summed E-state index contributed by atoms with van der Waals surface area (Å²) in [6.07, 6.45) is 0. The number of H-pyrrole nitrogens is 1. The number of carbonyl (C=O) groups is 1. The molecule has 0 saturated carbocycles. The van der Waals surface area contributed by atoms with Gasteiger partial charge < -0.3 is 5.32 Å². The summed E-state index contributed by atoms with van der Waals surface area (Å²) in [6, 6.07) is 15.0. The molecule has 102 valence electrons. The van der Waals surface area contributed by atoms with E-state index in [1.54, 1.807) is 0 Å². The van der Waals surface area contributed by atoms with Crippen molar-refractivity contribution in [3.63, 3.8) is 0 Å². The summed E-state index contributed by atoms with van der Waals surface area (Å²) in [4.78, 5) is 12.5. The average molecular weight is 277 g/mol. The van der Waals surface area contributed by atoms with Crippen molar-refractivity contribution in [2.45, 2.75) is 6.04 Å². The van der Waals surface area contributed by atoms with E-state index in [0.29, 0.717) is 11.4 Å². The monoisotopic (exact) mass is 277 g/mol. The van der Waals surface area contributed by atoms with Crippen LogP contribution in [0.5, 0.6) is 0 Å². The van der Waals surface area contributed by atoms with Gasteiger partial charge in [-0.2, -0.15) is 5.21 Å². The predicted octanol–water partition coefficient (Wildman–Crippen LogP) is 1.70. The van der Waals surface area contributed by atoms with Crippen molar-refractivity contribution in [2.75, 3.05) is 0 Å². The normalized spacial score (nSPS) is 16.6. The third-order valence-electron chi connectivity index (χ3n) is 3.63. The first kappa shape index (κ1) is 11.8. The van der Waals surface area contributed by atoms with E-state index in [-0.39, 0.29) is 5.91 Å². The molecule has 6 nitrogen and oxygen atoms in total. The molecule has 1 aliphatic heterocycles. The quantitative estimate of drug-likeness (QED) is 0.709. The van der Waals surface area contributed by atoms with Gasteiger partial charge in [-0.15, -0.1) is 10.2 Å². The number of benzene rings is 2. The highest BCUT2D eigenvalue weighted by molar-refractivity contribution is 6.03. The summed E-state index contributed by atoms with van der Waals surface area (Å²) >= 11 is 0. The van der Waals surface area contributed by atoms with Crippen LogP contribution in [0, 0.1) is 0 Å². The SMILES string of the molecule is O=C1NC(c2nn[nH]n2)c2ccccc2-c2ccccc21. The largest absolute Gasteiger partial charge is 0.338 e. The zero-order valence-electron chi connectivity index (χ0n) is 10.9. The van der Waals surface area contributed by atoms with Crippen LogP contribution < -0.4 is 5.32 Å². The third kappa shape index (κ3) is 1.80. The molecule has 4 rings (SSSR count). The van der Waals surface area contributed by atoms with Crippen molar-refractivity contribution in [1.29, 1.82) is 0 Å². The van der Waals surface area contributed by atoms with Gasteiger partial charge in [0, 0.05) is 5.56 Å². The molecule has 1 atom stereocenters. The Morgan fingerprint density at radius 1 is 0.905 bits per heavy atom. The van der Waals surface area contributed by atoms with Gasteiger partial charge in [0.1, 0.15) is 6.04 Å². The lowest BCUT2D eigenvalue weighted by molar-refractivity contribution is 0.0943. The lowest BCUT2D eigenvalue weighted by Crippen LogP contribution is -2.28. The highest BCUT2D eigenvalue weighted by Crippen LogP contribution is 2.35. The fraction of sp³-hybridized carbons (Fsp3) is 0.0667. The van der Waals surface area contributed by atoms with Crippen molar-refractivity contribution >= 4 is 5.91 Å². The van der Waals surface area contributed by atoms with E-state index in [4.69, 9.17) is 0 Å². The number of hydrogen-bond acceptors (Lipinski definition) is 4. The van der Waals surface area contributed by atoms with E-state index in [0.717, 1.165) is 16.7 Å². The molecule has 2 heterocycles. The molecular weight excluding hydrogens is 266 g/mol. The molecule has 2 N–H and O–H groups in total. The maximum absolute atomic E-state index is 12.5. The van der Waals surface area contributed by atoms with E-state index in [1.165, 1.54) is 0 Å². The predicted molar refractivity (Wildman–Crippen MR) is 75.4 cm³/mol. The lowest BCUT2D eigenvalue weighted by atomic mass is 9.94. The Labute approximate surface area is 120 Å². The molecule has 21 heavy (non-hydrogen) atoms. The maximum atomic E-state index is 12.5. The van der Waals surface area contributed by atoms with Crippen LogP contribution in [-0.4, -0.2) is 26.5 Å². The minimum atomic E-state index is -0.417. The summed E-state index contributed by atoms with van der Waals surface area (Å²) in [7, 11) is 0. The maximum Gasteiger partial charge on any atom is 0.252 e. The molecule has 1 unspecified atom stereocenters. The Hall–Kier alpha value is -3.02. The summed E-state index contributed by atoms with van der Waals surface area (Å²) in [5, 5.41) is 17.0. The van der Waals surface area contributed by atoms with E-state index < -0.39 is 6.04 Å². The van der Waals surface area contributed by atoms with Crippen LogP contribution in [0.15, 0.2) is 48.5 Å². The van der Waals surface area contributed by atoms with E-state index >= 15 is 0 Å². The van der Waals surface area contributed by atoms with Crippen molar-refractivity contribution in [3.8, 4) is 11.1 Å². The van der Waals surface area contributed by atoms with Crippen molar-refractivity contribution in [3.05, 3.63) is 65.5 Å². The van der Waals surface area contributed by atoms with Gasteiger partial charge >= 0.3 is 0 Å². The minimum Gasteiger partial charge on any atom is -0.338 e. The highest BCUT2D eigenvalue weighted by atomic mass is 16.1. The summed E-state index contributed by atoms with van der Waals surface area (Å²) in [5.74, 6) is 0.306. The number of hydrogen-bond donors (Lipinski definition) is 2. The van der Waals surface area contributed by atoms with Crippen LogP contribution in [0.4, 0.5) is 0 Å². The van der Waals surface area contributed by atoms with Crippen molar-refractivity contribution < 1.29 is 4.79 Å². The highest BCUT2D eigenvalue weighted by Gasteiger charge is 2.29. The van der Waals surface area contributed by atoms with E-state index in [1.807, 2.05) is 48.5 Å². The van der Waals surface area contributed by atoms with E-state index in [2.05, 4.69) is 25.9 Å². The number of carbonyl (C=O) groups excluding carboxylic acids is 1. The molecule has 1 aromatic heterocycles. The third-order valence-corrected chi connectivity index (χ3v) is 3.63. The Morgan fingerprint density at radius 2 is 1.62 bits per heavy atom. The number of aromatic amines is 1. The first-order valence-corrected chi connectivity index (χ1v) is 6.57. The number of tetrazole rings is 1.